The summed E-state index contributed by atoms with van der Waals surface area (Å²) in [6.45, 7) is 11.9. The van der Waals surface area contributed by atoms with Gasteiger partial charge < -0.3 is 4.90 Å². The molecular weight excluding hydrogens is 224 g/mol. The predicted octanol–water partition coefficient (Wildman–Crippen LogP) is 2.47. The Morgan fingerprint density at radius 3 is 2.22 bits per heavy atom. The molecule has 3 atom stereocenters. The van der Waals surface area contributed by atoms with Crippen LogP contribution in [0.15, 0.2) is 0 Å². The fourth-order valence-electron chi connectivity index (χ4n) is 3.02. The van der Waals surface area contributed by atoms with E-state index in [2.05, 4.69) is 44.8 Å². The lowest BCUT2D eigenvalue weighted by Gasteiger charge is -2.29. The summed E-state index contributed by atoms with van der Waals surface area (Å²) in [6, 6.07) is 0.0174. The van der Waals surface area contributed by atoms with Crippen LogP contribution >= 0.6 is 0 Å². The Bertz CT molecular complexity index is 310. The van der Waals surface area contributed by atoms with Gasteiger partial charge in [-0.15, -0.1) is 0 Å². The van der Waals surface area contributed by atoms with Crippen molar-refractivity contribution in [3.63, 3.8) is 0 Å². The second-order valence-corrected chi connectivity index (χ2v) is 6.88. The van der Waals surface area contributed by atoms with Gasteiger partial charge in [0.15, 0.2) is 0 Å². The molecule has 2 aliphatic rings. The molecule has 0 radical (unpaired) electrons. The van der Waals surface area contributed by atoms with Crippen LogP contribution in [0.25, 0.3) is 0 Å². The third-order valence-electron chi connectivity index (χ3n) is 4.44. The Labute approximate surface area is 111 Å². The Morgan fingerprint density at radius 1 is 1.17 bits per heavy atom. The zero-order valence-electron chi connectivity index (χ0n) is 12.4. The minimum absolute atomic E-state index is 0.0174. The third kappa shape index (κ3) is 2.71. The molecule has 1 aliphatic heterocycles. The smallest absolute Gasteiger partial charge is 0.241 e. The standard InChI is InChI=1S/C15H28N2O/c1-9(2)13-15(18)17(14(16-13)10(3)4)8-11(5)12-6-7-12/h9-14,16H,6-8H2,1-5H3. The molecule has 3 nitrogen and oxygen atoms in total. The molecule has 1 saturated heterocycles. The normalized spacial score (nSPS) is 30.6. The van der Waals surface area contributed by atoms with Gasteiger partial charge in [-0.3, -0.25) is 10.1 Å². The summed E-state index contributed by atoms with van der Waals surface area (Å²) in [6.07, 6.45) is 2.94. The van der Waals surface area contributed by atoms with Gasteiger partial charge in [0.2, 0.25) is 5.91 Å². The molecule has 1 N–H and O–H groups in total. The van der Waals surface area contributed by atoms with Crippen LogP contribution < -0.4 is 5.32 Å². The largest absolute Gasteiger partial charge is 0.325 e. The zero-order chi connectivity index (χ0) is 13.4. The maximum atomic E-state index is 12.5. The number of nitrogens with one attached hydrogen (secondary N) is 1. The number of carbonyl (C=O) groups excluding carboxylic acids is 1. The van der Waals surface area contributed by atoms with Crippen molar-refractivity contribution in [2.45, 2.75) is 59.7 Å². The van der Waals surface area contributed by atoms with Gasteiger partial charge in [0.1, 0.15) is 0 Å². The minimum atomic E-state index is 0.0174. The second kappa shape index (κ2) is 5.20. The van der Waals surface area contributed by atoms with Crippen molar-refractivity contribution in [2.24, 2.45) is 23.7 Å². The summed E-state index contributed by atoms with van der Waals surface area (Å²) in [5, 5.41) is 3.53. The van der Waals surface area contributed by atoms with E-state index in [1.165, 1.54) is 12.8 Å². The van der Waals surface area contributed by atoms with Gasteiger partial charge in [0.25, 0.3) is 0 Å². The van der Waals surface area contributed by atoms with Gasteiger partial charge in [0, 0.05) is 6.54 Å². The van der Waals surface area contributed by atoms with E-state index in [9.17, 15) is 4.79 Å². The fraction of sp³-hybridized carbons (Fsp3) is 0.933. The van der Waals surface area contributed by atoms with Gasteiger partial charge in [-0.25, -0.2) is 0 Å². The second-order valence-electron chi connectivity index (χ2n) is 6.88. The van der Waals surface area contributed by atoms with E-state index < -0.39 is 0 Å². The van der Waals surface area contributed by atoms with Gasteiger partial charge in [-0.05, 0) is 36.5 Å². The molecule has 2 fully saturated rings. The third-order valence-corrected chi connectivity index (χ3v) is 4.44. The van der Waals surface area contributed by atoms with Crippen LogP contribution in [0.2, 0.25) is 0 Å². The number of nitrogens with zero attached hydrogens (tertiary/aromatic N) is 1. The first kappa shape index (κ1) is 13.9. The predicted molar refractivity (Wildman–Crippen MR) is 74.0 cm³/mol. The lowest BCUT2D eigenvalue weighted by Crippen LogP contribution is -2.43. The Kier molecular flexibility index (Phi) is 4.00. The molecular formula is C15H28N2O. The van der Waals surface area contributed by atoms with E-state index in [-0.39, 0.29) is 12.2 Å². The van der Waals surface area contributed by atoms with Gasteiger partial charge >= 0.3 is 0 Å². The average molecular weight is 252 g/mol. The van der Waals surface area contributed by atoms with Crippen LogP contribution in [0.5, 0.6) is 0 Å². The molecule has 1 saturated carbocycles. The summed E-state index contributed by atoms with van der Waals surface area (Å²) < 4.78 is 0. The van der Waals surface area contributed by atoms with Crippen molar-refractivity contribution in [1.82, 2.24) is 10.2 Å². The summed E-state index contributed by atoms with van der Waals surface area (Å²) in [5.41, 5.74) is 0. The number of amides is 1. The molecule has 1 aliphatic carbocycles. The molecule has 1 heterocycles. The molecule has 1 amide bonds. The maximum absolute atomic E-state index is 12.5. The molecule has 0 bridgehead atoms. The first-order valence-electron chi connectivity index (χ1n) is 7.48. The van der Waals surface area contributed by atoms with Gasteiger partial charge in [0.05, 0.1) is 12.2 Å². The number of hydrogen-bond acceptors (Lipinski definition) is 2. The molecule has 104 valence electrons. The van der Waals surface area contributed by atoms with Crippen molar-refractivity contribution in [3.8, 4) is 0 Å². The molecule has 2 rings (SSSR count). The Morgan fingerprint density at radius 2 is 1.78 bits per heavy atom. The van der Waals surface area contributed by atoms with E-state index in [0.717, 1.165) is 12.5 Å². The van der Waals surface area contributed by atoms with Crippen molar-refractivity contribution < 1.29 is 4.79 Å². The summed E-state index contributed by atoms with van der Waals surface area (Å²) in [4.78, 5) is 14.6. The Hall–Kier alpha value is -0.570. The quantitative estimate of drug-likeness (QED) is 0.815. The maximum Gasteiger partial charge on any atom is 0.241 e. The highest BCUT2D eigenvalue weighted by Gasteiger charge is 2.43. The van der Waals surface area contributed by atoms with E-state index in [4.69, 9.17) is 0 Å². The first-order valence-corrected chi connectivity index (χ1v) is 7.48. The molecule has 3 heteroatoms. The van der Waals surface area contributed by atoms with E-state index in [1.807, 2.05) is 0 Å². The van der Waals surface area contributed by atoms with Crippen LogP contribution in [0, 0.1) is 23.7 Å². The Balaban J connectivity index is 2.05. The molecule has 0 aromatic rings. The SMILES string of the molecule is CC(C)C1NC(C(C)C)N(CC(C)C2CC2)C1=O. The van der Waals surface area contributed by atoms with Crippen molar-refractivity contribution in [2.75, 3.05) is 6.54 Å². The molecule has 0 aromatic carbocycles. The van der Waals surface area contributed by atoms with E-state index in [0.29, 0.717) is 23.7 Å². The molecule has 0 spiro atoms. The van der Waals surface area contributed by atoms with Crippen LogP contribution in [0.4, 0.5) is 0 Å². The fourth-order valence-corrected chi connectivity index (χ4v) is 3.02. The number of rotatable bonds is 5. The van der Waals surface area contributed by atoms with Gasteiger partial charge in [-0.1, -0.05) is 34.6 Å². The number of carbonyl (C=O) groups is 1. The van der Waals surface area contributed by atoms with Crippen LogP contribution in [0.3, 0.4) is 0 Å². The van der Waals surface area contributed by atoms with Crippen LogP contribution in [0.1, 0.15) is 47.5 Å². The van der Waals surface area contributed by atoms with Crippen molar-refractivity contribution in [1.29, 1.82) is 0 Å². The lowest BCUT2D eigenvalue weighted by molar-refractivity contribution is -0.131. The van der Waals surface area contributed by atoms with Crippen LogP contribution in [-0.2, 0) is 4.79 Å². The first-order chi connectivity index (χ1) is 8.41. The molecule has 3 unspecified atom stereocenters. The lowest BCUT2D eigenvalue weighted by atomic mass is 10.0. The topological polar surface area (TPSA) is 32.3 Å². The summed E-state index contributed by atoms with van der Waals surface area (Å²) in [5.74, 6) is 2.69. The average Bonchev–Trinajstić information content (AvgIpc) is 3.06. The minimum Gasteiger partial charge on any atom is -0.325 e. The monoisotopic (exact) mass is 252 g/mol. The highest BCUT2D eigenvalue weighted by Crippen LogP contribution is 2.37. The van der Waals surface area contributed by atoms with E-state index in [1.54, 1.807) is 0 Å². The van der Waals surface area contributed by atoms with Crippen LogP contribution in [-0.4, -0.2) is 29.6 Å². The van der Waals surface area contributed by atoms with Gasteiger partial charge in [-0.2, -0.15) is 0 Å². The zero-order valence-corrected chi connectivity index (χ0v) is 12.4. The van der Waals surface area contributed by atoms with E-state index >= 15 is 0 Å². The highest BCUT2D eigenvalue weighted by atomic mass is 16.2. The highest BCUT2D eigenvalue weighted by molar-refractivity contribution is 5.84. The number of hydrogen-bond donors (Lipinski definition) is 1. The van der Waals surface area contributed by atoms with Crippen molar-refractivity contribution in [3.05, 3.63) is 0 Å². The molecule has 18 heavy (non-hydrogen) atoms. The summed E-state index contributed by atoms with van der Waals surface area (Å²) in [7, 11) is 0. The summed E-state index contributed by atoms with van der Waals surface area (Å²) >= 11 is 0. The molecule has 0 aromatic heterocycles. The van der Waals surface area contributed by atoms with Crippen molar-refractivity contribution >= 4 is 5.91 Å².